The maximum Gasteiger partial charge on any atom is 0.245 e. The fraction of sp³-hybridized carbons (Fsp3) is 0.462. The van der Waals surface area contributed by atoms with Crippen molar-refractivity contribution in [3.05, 3.63) is 23.8 Å². The first-order valence-electron chi connectivity index (χ1n) is 6.10. The van der Waals surface area contributed by atoms with E-state index in [-0.39, 0.29) is 5.91 Å². The third kappa shape index (κ3) is 1.60. The van der Waals surface area contributed by atoms with Gasteiger partial charge >= 0.3 is 0 Å². The lowest BCUT2D eigenvalue weighted by Crippen LogP contribution is -2.37. The van der Waals surface area contributed by atoms with Crippen molar-refractivity contribution >= 4 is 17.3 Å². The summed E-state index contributed by atoms with van der Waals surface area (Å²) in [7, 11) is 2.11. The van der Waals surface area contributed by atoms with E-state index in [9.17, 15) is 4.79 Å². The Morgan fingerprint density at radius 2 is 2.18 bits per heavy atom. The lowest BCUT2D eigenvalue weighted by Gasteiger charge is -2.36. The molecule has 1 unspecified atom stereocenters. The Hall–Kier alpha value is -1.55. The zero-order valence-corrected chi connectivity index (χ0v) is 9.94. The minimum Gasteiger partial charge on any atom is -0.372 e. The number of rotatable bonds is 2. The average Bonchev–Trinajstić information content (AvgIpc) is 2.52. The largest absolute Gasteiger partial charge is 0.372 e. The van der Waals surface area contributed by atoms with Crippen LogP contribution in [0.1, 0.15) is 30.9 Å². The predicted octanol–water partition coefficient (Wildman–Crippen LogP) is 1.63. The van der Waals surface area contributed by atoms with E-state index in [0.29, 0.717) is 6.04 Å². The van der Waals surface area contributed by atoms with Crippen LogP contribution in [0.3, 0.4) is 0 Å². The second-order valence-electron chi connectivity index (χ2n) is 4.93. The van der Waals surface area contributed by atoms with Crippen molar-refractivity contribution in [2.75, 3.05) is 17.3 Å². The number of nitrogens with two attached hydrogens (primary N) is 1. The minimum absolute atomic E-state index is 0.108. The molecule has 1 saturated carbocycles. The highest BCUT2D eigenvalue weighted by molar-refractivity contribution is 6.02. The summed E-state index contributed by atoms with van der Waals surface area (Å²) >= 11 is 0. The summed E-state index contributed by atoms with van der Waals surface area (Å²) in [5, 5.41) is 2.83. The normalized spacial score (nSPS) is 22.9. The van der Waals surface area contributed by atoms with Crippen molar-refractivity contribution in [1.82, 2.24) is 0 Å². The van der Waals surface area contributed by atoms with Crippen molar-refractivity contribution < 1.29 is 4.79 Å². The number of hydrogen-bond donors (Lipinski definition) is 2. The van der Waals surface area contributed by atoms with Gasteiger partial charge in [-0.2, -0.15) is 0 Å². The van der Waals surface area contributed by atoms with Crippen LogP contribution in [0.5, 0.6) is 0 Å². The van der Waals surface area contributed by atoms with Gasteiger partial charge in [0.15, 0.2) is 0 Å². The molecule has 1 aliphatic carbocycles. The molecule has 4 nitrogen and oxygen atoms in total. The van der Waals surface area contributed by atoms with Crippen LogP contribution in [0.2, 0.25) is 0 Å². The molecule has 0 radical (unpaired) electrons. The van der Waals surface area contributed by atoms with Crippen LogP contribution >= 0.6 is 0 Å². The Labute approximate surface area is 101 Å². The van der Waals surface area contributed by atoms with Gasteiger partial charge in [-0.1, -0.05) is 6.07 Å². The summed E-state index contributed by atoms with van der Waals surface area (Å²) in [5.41, 5.74) is 8.71. The molecule has 1 aliphatic heterocycles. The predicted molar refractivity (Wildman–Crippen MR) is 68.0 cm³/mol. The summed E-state index contributed by atoms with van der Waals surface area (Å²) in [4.78, 5) is 13.8. The van der Waals surface area contributed by atoms with Gasteiger partial charge < -0.3 is 16.0 Å². The van der Waals surface area contributed by atoms with E-state index in [4.69, 9.17) is 5.73 Å². The number of nitrogens with one attached hydrogen (secondary N) is 1. The summed E-state index contributed by atoms with van der Waals surface area (Å²) in [6, 6.07) is 6.19. The molecule has 1 amide bonds. The molecule has 1 atom stereocenters. The molecule has 1 aromatic rings. The van der Waals surface area contributed by atoms with Crippen LogP contribution in [0, 0.1) is 0 Å². The Kier molecular flexibility index (Phi) is 2.33. The molecule has 2 aliphatic rings. The molecule has 3 N–H and O–H groups in total. The van der Waals surface area contributed by atoms with Gasteiger partial charge in [0.2, 0.25) is 5.91 Å². The molecular formula is C13H17N3O. The Bertz CT molecular complexity index is 468. The number of benzene rings is 1. The molecule has 90 valence electrons. The maximum atomic E-state index is 11.5. The fourth-order valence-corrected chi connectivity index (χ4v) is 2.48. The van der Waals surface area contributed by atoms with Crippen LogP contribution in [0.25, 0.3) is 0 Å². The van der Waals surface area contributed by atoms with Gasteiger partial charge in [0, 0.05) is 30.0 Å². The zero-order valence-electron chi connectivity index (χ0n) is 9.94. The van der Waals surface area contributed by atoms with E-state index in [1.54, 1.807) is 0 Å². The average molecular weight is 231 g/mol. The van der Waals surface area contributed by atoms with E-state index in [2.05, 4.69) is 23.3 Å². The number of anilines is 2. The van der Waals surface area contributed by atoms with Crippen molar-refractivity contribution in [3.8, 4) is 0 Å². The molecule has 0 aromatic heterocycles. The van der Waals surface area contributed by atoms with E-state index in [1.165, 1.54) is 19.3 Å². The van der Waals surface area contributed by atoms with E-state index < -0.39 is 6.04 Å². The SMILES string of the molecule is CN(c1ccc2c(c1)NC(=O)C2N)C1CCC1. The van der Waals surface area contributed by atoms with Crippen LogP contribution in [-0.4, -0.2) is 19.0 Å². The smallest absolute Gasteiger partial charge is 0.245 e. The molecule has 0 spiro atoms. The lowest BCUT2D eigenvalue weighted by molar-refractivity contribution is -0.116. The molecule has 17 heavy (non-hydrogen) atoms. The first-order valence-corrected chi connectivity index (χ1v) is 6.10. The number of carbonyl (C=O) groups excluding carboxylic acids is 1. The molecule has 3 rings (SSSR count). The number of fused-ring (bicyclic) bond motifs is 1. The summed E-state index contributed by atoms with van der Waals surface area (Å²) in [6.45, 7) is 0. The first kappa shape index (κ1) is 10.6. The van der Waals surface area contributed by atoms with Crippen molar-refractivity contribution in [2.24, 2.45) is 5.73 Å². The Balaban J connectivity index is 1.89. The van der Waals surface area contributed by atoms with E-state index in [0.717, 1.165) is 16.9 Å². The molecular weight excluding hydrogens is 214 g/mol. The molecule has 4 heteroatoms. The second-order valence-corrected chi connectivity index (χ2v) is 4.93. The van der Waals surface area contributed by atoms with Crippen LogP contribution in [0.15, 0.2) is 18.2 Å². The minimum atomic E-state index is -0.506. The topological polar surface area (TPSA) is 58.4 Å². The molecule has 0 bridgehead atoms. The summed E-state index contributed by atoms with van der Waals surface area (Å²) < 4.78 is 0. The quantitative estimate of drug-likeness (QED) is 0.813. The molecule has 0 saturated heterocycles. The van der Waals surface area contributed by atoms with Gasteiger partial charge in [-0.3, -0.25) is 4.79 Å². The highest BCUT2D eigenvalue weighted by atomic mass is 16.2. The van der Waals surface area contributed by atoms with Crippen molar-refractivity contribution in [1.29, 1.82) is 0 Å². The molecule has 1 heterocycles. The summed E-state index contributed by atoms with van der Waals surface area (Å²) in [6.07, 6.45) is 3.85. The van der Waals surface area contributed by atoms with Crippen molar-refractivity contribution in [3.63, 3.8) is 0 Å². The molecule has 1 fully saturated rings. The number of carbonyl (C=O) groups is 1. The van der Waals surface area contributed by atoms with Crippen molar-refractivity contribution in [2.45, 2.75) is 31.3 Å². The number of amides is 1. The third-order valence-corrected chi connectivity index (χ3v) is 3.94. The first-order chi connectivity index (χ1) is 8.16. The van der Waals surface area contributed by atoms with Gasteiger partial charge in [0.05, 0.1) is 0 Å². The van der Waals surface area contributed by atoms with Crippen LogP contribution in [0.4, 0.5) is 11.4 Å². The Morgan fingerprint density at radius 3 is 2.82 bits per heavy atom. The van der Waals surface area contributed by atoms with Gasteiger partial charge in [-0.05, 0) is 31.4 Å². The van der Waals surface area contributed by atoms with Crippen LogP contribution < -0.4 is 16.0 Å². The van der Waals surface area contributed by atoms with Crippen LogP contribution in [-0.2, 0) is 4.79 Å². The van der Waals surface area contributed by atoms with Gasteiger partial charge in [0.25, 0.3) is 0 Å². The third-order valence-electron chi connectivity index (χ3n) is 3.94. The highest BCUT2D eigenvalue weighted by Crippen LogP contribution is 2.35. The number of nitrogens with zero attached hydrogens (tertiary/aromatic N) is 1. The van der Waals surface area contributed by atoms with Gasteiger partial charge in [0.1, 0.15) is 6.04 Å². The standard InChI is InChI=1S/C13H17N3O/c1-16(8-3-2-4-8)9-5-6-10-11(7-9)15-13(17)12(10)14/h5-8,12H,2-4,14H2,1H3,(H,15,17). The monoisotopic (exact) mass is 231 g/mol. The Morgan fingerprint density at radius 1 is 1.41 bits per heavy atom. The number of hydrogen-bond acceptors (Lipinski definition) is 3. The highest BCUT2D eigenvalue weighted by Gasteiger charge is 2.28. The molecule has 1 aromatic carbocycles. The van der Waals surface area contributed by atoms with Gasteiger partial charge in [-0.25, -0.2) is 0 Å². The lowest BCUT2D eigenvalue weighted by atomic mass is 9.91. The van der Waals surface area contributed by atoms with E-state index in [1.807, 2.05) is 12.1 Å². The zero-order chi connectivity index (χ0) is 12.0. The second kappa shape index (κ2) is 3.74. The summed E-state index contributed by atoms with van der Waals surface area (Å²) in [5.74, 6) is -0.108. The van der Waals surface area contributed by atoms with Gasteiger partial charge in [-0.15, -0.1) is 0 Å². The van der Waals surface area contributed by atoms with E-state index >= 15 is 0 Å². The maximum absolute atomic E-state index is 11.5. The fourth-order valence-electron chi connectivity index (χ4n) is 2.48.